The highest BCUT2D eigenvalue weighted by Gasteiger charge is 2.15. The summed E-state index contributed by atoms with van der Waals surface area (Å²) in [6.45, 7) is 2.48. The minimum absolute atomic E-state index is 0.238. The smallest absolute Gasteiger partial charge is 0.329 e. The Morgan fingerprint density at radius 2 is 1.71 bits per heavy atom. The van der Waals surface area contributed by atoms with E-state index in [2.05, 4.69) is 15.8 Å². The maximum absolute atomic E-state index is 13.0. The standard InChI is InChI=1S/C25H24FN3O5/c1-3-33-21-7-5-4-6-20(21)28-24(30)25(31)29-27-15-18-10-13-22(23(14-18)32-2)34-16-17-8-11-19(26)12-9-17/h4-15H,3,16H2,1-2H3,(H,28,30)(H,29,31)/b27-15-. The van der Waals surface area contributed by atoms with Crippen molar-refractivity contribution in [1.29, 1.82) is 0 Å². The number of nitrogens with zero attached hydrogens (tertiary/aromatic N) is 1. The quantitative estimate of drug-likeness (QED) is 0.284. The molecular formula is C25H24FN3O5. The molecule has 0 spiro atoms. The highest BCUT2D eigenvalue weighted by atomic mass is 19.1. The second-order valence-corrected chi connectivity index (χ2v) is 6.91. The molecule has 0 fully saturated rings. The van der Waals surface area contributed by atoms with Crippen LogP contribution in [0.2, 0.25) is 0 Å². The fourth-order valence-corrected chi connectivity index (χ4v) is 2.87. The molecule has 0 aliphatic carbocycles. The van der Waals surface area contributed by atoms with Gasteiger partial charge in [-0.25, -0.2) is 9.82 Å². The Balaban J connectivity index is 1.56. The monoisotopic (exact) mass is 465 g/mol. The summed E-state index contributed by atoms with van der Waals surface area (Å²) in [6.07, 6.45) is 1.37. The van der Waals surface area contributed by atoms with E-state index in [1.54, 1.807) is 54.6 Å². The van der Waals surface area contributed by atoms with Gasteiger partial charge in [0.2, 0.25) is 0 Å². The van der Waals surface area contributed by atoms with Crippen molar-refractivity contribution in [2.45, 2.75) is 13.5 Å². The number of hydrogen-bond acceptors (Lipinski definition) is 6. The number of amides is 2. The zero-order valence-electron chi connectivity index (χ0n) is 18.7. The normalized spacial score (nSPS) is 10.6. The highest BCUT2D eigenvalue weighted by molar-refractivity contribution is 6.39. The Morgan fingerprint density at radius 3 is 2.44 bits per heavy atom. The van der Waals surface area contributed by atoms with Crippen molar-refractivity contribution in [3.05, 3.63) is 83.7 Å². The first-order valence-corrected chi connectivity index (χ1v) is 10.4. The van der Waals surface area contributed by atoms with E-state index in [0.717, 1.165) is 5.56 Å². The first-order valence-electron chi connectivity index (χ1n) is 10.4. The molecule has 2 amide bonds. The van der Waals surface area contributed by atoms with Crippen LogP contribution in [0.15, 0.2) is 71.8 Å². The summed E-state index contributed by atoms with van der Waals surface area (Å²) < 4.78 is 29.5. The zero-order chi connectivity index (χ0) is 24.3. The number of hydrazone groups is 1. The molecule has 0 aliphatic rings. The summed E-state index contributed by atoms with van der Waals surface area (Å²) in [6, 6.07) is 17.8. The molecule has 0 unspecified atom stereocenters. The van der Waals surface area contributed by atoms with Crippen LogP contribution in [0, 0.1) is 5.82 Å². The number of nitrogens with one attached hydrogen (secondary N) is 2. The highest BCUT2D eigenvalue weighted by Crippen LogP contribution is 2.28. The number of carbonyl (C=O) groups excluding carboxylic acids is 2. The third-order valence-corrected chi connectivity index (χ3v) is 4.52. The number of methoxy groups -OCH3 is 1. The van der Waals surface area contributed by atoms with Gasteiger partial charge in [0.25, 0.3) is 0 Å². The molecule has 3 aromatic rings. The SMILES string of the molecule is CCOc1ccccc1NC(=O)C(=O)N/N=C\c1ccc(OCc2ccc(F)cc2)c(OC)c1. The zero-order valence-corrected chi connectivity index (χ0v) is 18.7. The van der Waals surface area contributed by atoms with Crippen LogP contribution >= 0.6 is 0 Å². The molecule has 0 radical (unpaired) electrons. The molecule has 9 heteroatoms. The summed E-state index contributed by atoms with van der Waals surface area (Å²) >= 11 is 0. The van der Waals surface area contributed by atoms with E-state index >= 15 is 0 Å². The third-order valence-electron chi connectivity index (χ3n) is 4.52. The lowest BCUT2D eigenvalue weighted by molar-refractivity contribution is -0.136. The van der Waals surface area contributed by atoms with Gasteiger partial charge in [-0.05, 0) is 60.5 Å². The van der Waals surface area contributed by atoms with Crippen molar-refractivity contribution in [2.75, 3.05) is 19.0 Å². The van der Waals surface area contributed by atoms with Gasteiger partial charge in [0, 0.05) is 0 Å². The Labute approximate surface area is 196 Å². The lowest BCUT2D eigenvalue weighted by Gasteiger charge is -2.11. The van der Waals surface area contributed by atoms with E-state index in [0.29, 0.717) is 35.1 Å². The van der Waals surface area contributed by atoms with Crippen molar-refractivity contribution >= 4 is 23.7 Å². The van der Waals surface area contributed by atoms with Gasteiger partial charge in [-0.2, -0.15) is 5.10 Å². The van der Waals surface area contributed by atoms with Crippen LogP contribution in [0.5, 0.6) is 17.2 Å². The second-order valence-electron chi connectivity index (χ2n) is 6.91. The number of anilines is 1. The Bertz CT molecular complexity index is 1170. The van der Waals surface area contributed by atoms with Crippen molar-refractivity contribution in [1.82, 2.24) is 5.43 Å². The first-order chi connectivity index (χ1) is 16.5. The maximum atomic E-state index is 13.0. The molecule has 0 bridgehead atoms. The van der Waals surface area contributed by atoms with Gasteiger partial charge in [-0.15, -0.1) is 0 Å². The van der Waals surface area contributed by atoms with Gasteiger partial charge in [0.1, 0.15) is 18.2 Å². The molecular weight excluding hydrogens is 441 g/mol. The maximum Gasteiger partial charge on any atom is 0.329 e. The van der Waals surface area contributed by atoms with E-state index < -0.39 is 11.8 Å². The molecule has 0 aromatic heterocycles. The Hall–Kier alpha value is -4.40. The molecule has 0 saturated heterocycles. The third kappa shape index (κ3) is 6.80. The van der Waals surface area contributed by atoms with Crippen molar-refractivity contribution in [3.8, 4) is 17.2 Å². The molecule has 0 aliphatic heterocycles. The number of benzene rings is 3. The molecule has 8 nitrogen and oxygen atoms in total. The van der Waals surface area contributed by atoms with Crippen LogP contribution in [-0.2, 0) is 16.2 Å². The molecule has 3 aromatic carbocycles. The molecule has 34 heavy (non-hydrogen) atoms. The topological polar surface area (TPSA) is 98.2 Å². The summed E-state index contributed by atoms with van der Waals surface area (Å²) in [7, 11) is 1.49. The Morgan fingerprint density at radius 1 is 0.941 bits per heavy atom. The molecule has 176 valence electrons. The fraction of sp³-hybridized carbons (Fsp3) is 0.160. The van der Waals surface area contributed by atoms with Gasteiger partial charge >= 0.3 is 11.8 Å². The lowest BCUT2D eigenvalue weighted by Crippen LogP contribution is -2.32. The predicted octanol–water partition coefficient (Wildman–Crippen LogP) is 3.90. The molecule has 3 rings (SSSR count). The number of para-hydroxylation sites is 2. The summed E-state index contributed by atoms with van der Waals surface area (Å²) in [4.78, 5) is 24.2. The number of halogens is 1. The first kappa shape index (κ1) is 24.2. The van der Waals surface area contributed by atoms with Crippen molar-refractivity contribution < 1.29 is 28.2 Å². The molecule has 0 atom stereocenters. The summed E-state index contributed by atoms with van der Waals surface area (Å²) in [5.41, 5.74) is 3.97. The number of carbonyl (C=O) groups is 2. The van der Waals surface area contributed by atoms with E-state index in [9.17, 15) is 14.0 Å². The average Bonchev–Trinajstić information content (AvgIpc) is 2.85. The molecule has 2 N–H and O–H groups in total. The second kappa shape index (κ2) is 12.0. The minimum atomic E-state index is -0.936. The molecule has 0 saturated carbocycles. The molecule has 0 heterocycles. The van der Waals surface area contributed by atoms with Crippen molar-refractivity contribution in [2.24, 2.45) is 5.10 Å². The van der Waals surface area contributed by atoms with Crippen LogP contribution in [0.25, 0.3) is 0 Å². The van der Waals surface area contributed by atoms with E-state index in [1.807, 2.05) is 6.92 Å². The van der Waals surface area contributed by atoms with Crippen LogP contribution in [0.4, 0.5) is 10.1 Å². The summed E-state index contributed by atoms with van der Waals surface area (Å²) in [5.74, 6) is -0.739. The number of ether oxygens (including phenoxy) is 3. The van der Waals surface area contributed by atoms with Gasteiger partial charge in [-0.1, -0.05) is 24.3 Å². The van der Waals surface area contributed by atoms with Crippen LogP contribution in [0.1, 0.15) is 18.1 Å². The van der Waals surface area contributed by atoms with E-state index in [1.165, 1.54) is 25.5 Å². The van der Waals surface area contributed by atoms with Crippen molar-refractivity contribution in [3.63, 3.8) is 0 Å². The lowest BCUT2D eigenvalue weighted by atomic mass is 10.2. The fourth-order valence-electron chi connectivity index (χ4n) is 2.87. The average molecular weight is 465 g/mol. The van der Waals surface area contributed by atoms with Crippen LogP contribution < -0.4 is 25.0 Å². The van der Waals surface area contributed by atoms with E-state index in [4.69, 9.17) is 14.2 Å². The van der Waals surface area contributed by atoms with Crippen LogP contribution in [0.3, 0.4) is 0 Å². The Kier molecular flexibility index (Phi) is 8.56. The number of rotatable bonds is 9. The summed E-state index contributed by atoms with van der Waals surface area (Å²) in [5, 5.41) is 6.31. The number of hydrogen-bond donors (Lipinski definition) is 2. The van der Waals surface area contributed by atoms with Gasteiger partial charge in [-0.3, -0.25) is 9.59 Å². The van der Waals surface area contributed by atoms with Crippen LogP contribution in [-0.4, -0.2) is 31.7 Å². The van der Waals surface area contributed by atoms with Gasteiger partial charge < -0.3 is 19.5 Å². The minimum Gasteiger partial charge on any atom is -0.493 e. The van der Waals surface area contributed by atoms with Gasteiger partial charge in [0.15, 0.2) is 11.5 Å². The predicted molar refractivity (Wildman–Crippen MR) is 126 cm³/mol. The van der Waals surface area contributed by atoms with E-state index in [-0.39, 0.29) is 12.4 Å². The largest absolute Gasteiger partial charge is 0.493 e. The van der Waals surface area contributed by atoms with Gasteiger partial charge in [0.05, 0.1) is 25.6 Å².